The van der Waals surface area contributed by atoms with Gasteiger partial charge < -0.3 is 9.73 Å². The van der Waals surface area contributed by atoms with Crippen LogP contribution in [0.5, 0.6) is 0 Å². The highest BCUT2D eigenvalue weighted by Gasteiger charge is 2.15. The minimum Gasteiger partial charge on any atom is -0.464 e. The molecule has 1 heterocycles. The van der Waals surface area contributed by atoms with Crippen molar-refractivity contribution >= 4 is 32.6 Å². The van der Waals surface area contributed by atoms with Crippen LogP contribution in [-0.4, -0.2) is 14.3 Å². The first-order valence-corrected chi connectivity index (χ1v) is 9.61. The molecule has 0 unspecified atom stereocenters. The number of hydrogen-bond donors (Lipinski definition) is 2. The maximum absolute atomic E-state index is 12.4. The van der Waals surface area contributed by atoms with Crippen LogP contribution in [0.4, 0.5) is 5.69 Å². The van der Waals surface area contributed by atoms with Crippen LogP contribution in [0.15, 0.2) is 45.9 Å². The summed E-state index contributed by atoms with van der Waals surface area (Å²) in [6.45, 7) is 5.63. The molecule has 3 aromatic rings. The molecule has 1 aromatic heterocycles. The van der Waals surface area contributed by atoms with Gasteiger partial charge in [-0.15, -0.1) is 0 Å². The normalized spacial score (nSPS) is 11.7. The Morgan fingerprint density at radius 2 is 1.81 bits per heavy atom. The summed E-state index contributed by atoms with van der Waals surface area (Å²) >= 11 is 0. The van der Waals surface area contributed by atoms with Gasteiger partial charge in [0.05, 0.1) is 17.6 Å². The van der Waals surface area contributed by atoms with Crippen molar-refractivity contribution in [2.75, 3.05) is 5.32 Å². The lowest BCUT2D eigenvalue weighted by Gasteiger charge is -2.09. The number of fused-ring (bicyclic) bond motifs is 1. The third kappa shape index (κ3) is 3.49. The quantitative estimate of drug-likeness (QED) is 0.734. The van der Waals surface area contributed by atoms with E-state index in [0.29, 0.717) is 11.3 Å². The van der Waals surface area contributed by atoms with Crippen molar-refractivity contribution in [1.29, 1.82) is 0 Å². The van der Waals surface area contributed by atoms with Gasteiger partial charge in [0.1, 0.15) is 5.58 Å². The molecule has 0 saturated carbocycles. The second-order valence-electron chi connectivity index (χ2n) is 6.40. The molecule has 26 heavy (non-hydrogen) atoms. The monoisotopic (exact) mass is 372 g/mol. The molecule has 1 amide bonds. The number of carbonyl (C=O) groups excluding carboxylic acids is 1. The molecule has 0 aliphatic rings. The lowest BCUT2D eigenvalue weighted by atomic mass is 10.0. The van der Waals surface area contributed by atoms with Crippen LogP contribution in [0.2, 0.25) is 0 Å². The number of nitrogens with two attached hydrogens (primary N) is 1. The maximum Gasteiger partial charge on any atom is 0.238 e. The van der Waals surface area contributed by atoms with Crippen molar-refractivity contribution in [3.05, 3.63) is 58.8 Å². The summed E-state index contributed by atoms with van der Waals surface area (Å²) in [5, 5.41) is 8.81. The molecule has 3 rings (SSSR count). The molecule has 2 aromatic carbocycles. The summed E-state index contributed by atoms with van der Waals surface area (Å²) < 4.78 is 28.8. The second kappa shape index (κ2) is 6.59. The molecule has 0 fully saturated rings. The van der Waals surface area contributed by atoms with Gasteiger partial charge in [0.25, 0.3) is 0 Å². The van der Waals surface area contributed by atoms with E-state index in [0.717, 1.165) is 27.7 Å². The van der Waals surface area contributed by atoms with Gasteiger partial charge in [-0.3, -0.25) is 4.79 Å². The smallest absolute Gasteiger partial charge is 0.238 e. The summed E-state index contributed by atoms with van der Waals surface area (Å²) in [5.41, 5.74) is 4.63. The van der Waals surface area contributed by atoms with Crippen molar-refractivity contribution in [3.8, 4) is 0 Å². The van der Waals surface area contributed by atoms with Gasteiger partial charge in [-0.1, -0.05) is 18.2 Å². The van der Waals surface area contributed by atoms with E-state index in [1.54, 1.807) is 25.3 Å². The minimum atomic E-state index is -3.85. The number of sulfonamides is 1. The Balaban J connectivity index is 1.83. The number of anilines is 1. The van der Waals surface area contributed by atoms with Gasteiger partial charge in [-0.2, -0.15) is 0 Å². The topological polar surface area (TPSA) is 102 Å². The van der Waals surface area contributed by atoms with Crippen LogP contribution < -0.4 is 10.5 Å². The second-order valence-corrected chi connectivity index (χ2v) is 7.93. The van der Waals surface area contributed by atoms with Crippen LogP contribution in [0.1, 0.15) is 22.3 Å². The van der Waals surface area contributed by atoms with E-state index in [1.807, 2.05) is 26.0 Å². The van der Waals surface area contributed by atoms with E-state index in [-0.39, 0.29) is 17.2 Å². The number of hydrogen-bond acceptors (Lipinski definition) is 4. The highest BCUT2D eigenvalue weighted by Crippen LogP contribution is 2.27. The van der Waals surface area contributed by atoms with Crippen molar-refractivity contribution in [1.82, 2.24) is 0 Å². The fourth-order valence-corrected chi connectivity index (χ4v) is 3.70. The zero-order valence-electron chi connectivity index (χ0n) is 14.8. The average Bonchev–Trinajstić information content (AvgIpc) is 2.95. The number of primary sulfonamides is 1. The van der Waals surface area contributed by atoms with Gasteiger partial charge in [-0.25, -0.2) is 13.6 Å². The highest BCUT2D eigenvalue weighted by molar-refractivity contribution is 7.89. The van der Waals surface area contributed by atoms with Crippen LogP contribution in [0, 0.1) is 20.8 Å². The first kappa shape index (κ1) is 18.2. The Labute approximate surface area is 152 Å². The number of rotatable bonds is 4. The van der Waals surface area contributed by atoms with Crippen LogP contribution in [0.3, 0.4) is 0 Å². The van der Waals surface area contributed by atoms with Gasteiger partial charge in [0.2, 0.25) is 15.9 Å². The molecule has 7 heteroatoms. The Morgan fingerprint density at radius 3 is 2.50 bits per heavy atom. The molecular weight excluding hydrogens is 352 g/mol. The van der Waals surface area contributed by atoms with Crippen molar-refractivity contribution in [2.24, 2.45) is 5.14 Å². The average molecular weight is 372 g/mol. The number of furan rings is 1. The molecule has 0 atom stereocenters. The summed E-state index contributed by atoms with van der Waals surface area (Å²) in [4.78, 5) is 12.4. The van der Waals surface area contributed by atoms with Crippen LogP contribution in [-0.2, 0) is 21.2 Å². The number of amides is 1. The van der Waals surface area contributed by atoms with E-state index in [2.05, 4.69) is 5.32 Å². The fourth-order valence-electron chi connectivity index (χ4n) is 2.89. The zero-order chi connectivity index (χ0) is 19.1. The number of benzene rings is 2. The summed E-state index contributed by atoms with van der Waals surface area (Å²) in [6.07, 6.45) is 1.70. The number of aryl methyl sites for hydroxylation is 3. The molecule has 0 saturated heterocycles. The van der Waals surface area contributed by atoms with E-state index in [1.165, 1.54) is 6.07 Å². The van der Waals surface area contributed by atoms with Gasteiger partial charge >= 0.3 is 0 Å². The molecule has 136 valence electrons. The van der Waals surface area contributed by atoms with Crippen molar-refractivity contribution in [2.45, 2.75) is 32.1 Å². The van der Waals surface area contributed by atoms with E-state index in [4.69, 9.17) is 9.56 Å². The van der Waals surface area contributed by atoms with Gasteiger partial charge in [0, 0.05) is 16.6 Å². The van der Waals surface area contributed by atoms with Gasteiger partial charge in [0.15, 0.2) is 0 Å². The fraction of sp³-hybridized carbons (Fsp3) is 0.211. The number of nitrogens with one attached hydrogen (secondary N) is 1. The summed E-state index contributed by atoms with van der Waals surface area (Å²) in [5.74, 6) is -0.268. The van der Waals surface area contributed by atoms with Crippen LogP contribution >= 0.6 is 0 Å². The van der Waals surface area contributed by atoms with E-state index >= 15 is 0 Å². The standard InChI is InChI=1S/C19H20N2O4S/c1-11-5-7-16-14(10-25-19(16)13(11)3)8-18(22)21-15-6-4-12(2)17(9-15)26(20,23)24/h4-7,9-10H,8H2,1-3H3,(H,21,22)(H2,20,23,24). The molecule has 0 bridgehead atoms. The highest BCUT2D eigenvalue weighted by atomic mass is 32.2. The zero-order valence-corrected chi connectivity index (χ0v) is 15.6. The Hall–Kier alpha value is -2.64. The van der Waals surface area contributed by atoms with E-state index in [9.17, 15) is 13.2 Å². The molecule has 0 spiro atoms. The van der Waals surface area contributed by atoms with Crippen LogP contribution in [0.25, 0.3) is 11.0 Å². The largest absolute Gasteiger partial charge is 0.464 e. The van der Waals surface area contributed by atoms with Crippen molar-refractivity contribution < 1.29 is 17.6 Å². The maximum atomic E-state index is 12.4. The number of carbonyl (C=O) groups is 1. The first-order chi connectivity index (χ1) is 12.2. The SMILES string of the molecule is Cc1ccc(NC(=O)Cc2coc3c(C)c(C)ccc23)cc1S(N)(=O)=O. The molecule has 0 aliphatic heterocycles. The lowest BCUT2D eigenvalue weighted by Crippen LogP contribution is -2.17. The minimum absolute atomic E-state index is 0.00448. The predicted octanol–water partition coefficient (Wildman–Crippen LogP) is 3.19. The van der Waals surface area contributed by atoms with Crippen molar-refractivity contribution in [3.63, 3.8) is 0 Å². The van der Waals surface area contributed by atoms with Gasteiger partial charge in [-0.05, 0) is 49.6 Å². The third-order valence-corrected chi connectivity index (χ3v) is 5.52. The predicted molar refractivity (Wildman–Crippen MR) is 101 cm³/mol. The first-order valence-electron chi connectivity index (χ1n) is 8.06. The summed E-state index contributed by atoms with van der Waals surface area (Å²) in [7, 11) is -3.85. The molecular formula is C19H20N2O4S. The third-order valence-electron chi connectivity index (χ3n) is 4.47. The molecule has 0 aliphatic carbocycles. The Kier molecular flexibility index (Phi) is 4.60. The molecule has 0 radical (unpaired) electrons. The van der Waals surface area contributed by atoms with E-state index < -0.39 is 10.0 Å². The Bertz CT molecular complexity index is 1110. The molecule has 3 N–H and O–H groups in total. The Morgan fingerprint density at radius 1 is 1.12 bits per heavy atom. The molecule has 6 nitrogen and oxygen atoms in total. The summed E-state index contributed by atoms with van der Waals surface area (Å²) in [6, 6.07) is 8.54. The lowest BCUT2D eigenvalue weighted by molar-refractivity contribution is -0.115.